The number of methoxy groups -OCH3 is 1. The number of carboxylic acid groups (broad SMARTS) is 1. The van der Waals surface area contributed by atoms with Crippen LogP contribution < -0.4 is 14.8 Å². The Balaban J connectivity index is 2.18. The van der Waals surface area contributed by atoms with Crippen molar-refractivity contribution in [3.8, 4) is 11.5 Å². The van der Waals surface area contributed by atoms with Crippen LogP contribution in [0.2, 0.25) is 5.02 Å². The normalized spacial score (nSPS) is 10.2. The third-order valence-corrected chi connectivity index (χ3v) is 3.44. The lowest BCUT2D eigenvalue weighted by atomic mass is 10.1. The van der Waals surface area contributed by atoms with E-state index in [9.17, 15) is 4.79 Å². The average molecular weight is 336 g/mol. The van der Waals surface area contributed by atoms with Gasteiger partial charge < -0.3 is 19.9 Å². The van der Waals surface area contributed by atoms with Gasteiger partial charge in [0.25, 0.3) is 0 Å². The van der Waals surface area contributed by atoms with Gasteiger partial charge in [-0.15, -0.1) is 0 Å². The fraction of sp³-hybridized carbons (Fsp3) is 0.235. The highest BCUT2D eigenvalue weighted by Crippen LogP contribution is 2.35. The Labute approximate surface area is 139 Å². The second-order valence-corrected chi connectivity index (χ2v) is 5.20. The molecular formula is C17H18ClNO4. The standard InChI is InChI=1S/C17H18ClNO4/c1-3-23-16-12(8-13(18)9-15(16)22-2)10-19-14-6-4-11(5-7-14)17(20)21/h4-9,19H,3,10H2,1-2H3,(H,20,21). The van der Waals surface area contributed by atoms with Crippen LogP contribution in [-0.2, 0) is 6.54 Å². The zero-order chi connectivity index (χ0) is 16.8. The van der Waals surface area contributed by atoms with E-state index in [0.29, 0.717) is 29.7 Å². The molecule has 5 nitrogen and oxygen atoms in total. The molecule has 23 heavy (non-hydrogen) atoms. The van der Waals surface area contributed by atoms with Crippen LogP contribution in [0, 0.1) is 0 Å². The van der Waals surface area contributed by atoms with Gasteiger partial charge in [0.1, 0.15) is 0 Å². The van der Waals surface area contributed by atoms with Crippen molar-refractivity contribution >= 4 is 23.3 Å². The Morgan fingerprint density at radius 1 is 1.26 bits per heavy atom. The summed E-state index contributed by atoms with van der Waals surface area (Å²) in [6.45, 7) is 2.88. The Morgan fingerprint density at radius 3 is 2.52 bits per heavy atom. The Bertz CT molecular complexity index is 686. The van der Waals surface area contributed by atoms with Crippen LogP contribution in [0.1, 0.15) is 22.8 Å². The second kappa shape index (κ2) is 7.74. The summed E-state index contributed by atoms with van der Waals surface area (Å²) in [5.74, 6) is 0.279. The number of rotatable bonds is 7. The van der Waals surface area contributed by atoms with E-state index in [4.69, 9.17) is 26.2 Å². The van der Waals surface area contributed by atoms with E-state index in [-0.39, 0.29) is 5.56 Å². The first kappa shape index (κ1) is 17.0. The highest BCUT2D eigenvalue weighted by atomic mass is 35.5. The molecule has 0 amide bonds. The number of ether oxygens (including phenoxy) is 2. The van der Waals surface area contributed by atoms with Gasteiger partial charge in [0.05, 0.1) is 19.3 Å². The largest absolute Gasteiger partial charge is 0.493 e. The molecule has 0 atom stereocenters. The van der Waals surface area contributed by atoms with Crippen LogP contribution in [0.25, 0.3) is 0 Å². The van der Waals surface area contributed by atoms with E-state index in [0.717, 1.165) is 11.3 Å². The van der Waals surface area contributed by atoms with Crippen molar-refractivity contribution in [2.45, 2.75) is 13.5 Å². The molecule has 0 bridgehead atoms. The van der Waals surface area contributed by atoms with Crippen LogP contribution >= 0.6 is 11.6 Å². The predicted molar refractivity (Wildman–Crippen MR) is 89.9 cm³/mol. The molecule has 6 heteroatoms. The molecule has 0 unspecified atom stereocenters. The minimum absolute atomic E-state index is 0.245. The van der Waals surface area contributed by atoms with Crippen LogP contribution in [0.15, 0.2) is 36.4 Å². The maximum absolute atomic E-state index is 10.9. The fourth-order valence-corrected chi connectivity index (χ4v) is 2.37. The maximum atomic E-state index is 10.9. The van der Waals surface area contributed by atoms with E-state index < -0.39 is 5.97 Å². The zero-order valence-corrected chi connectivity index (χ0v) is 13.7. The first-order valence-electron chi connectivity index (χ1n) is 7.11. The highest BCUT2D eigenvalue weighted by Gasteiger charge is 2.12. The predicted octanol–water partition coefficient (Wildman–Crippen LogP) is 4.06. The van der Waals surface area contributed by atoms with E-state index in [1.807, 2.05) is 13.0 Å². The molecule has 0 fully saturated rings. The molecule has 2 aromatic carbocycles. The highest BCUT2D eigenvalue weighted by molar-refractivity contribution is 6.30. The second-order valence-electron chi connectivity index (χ2n) is 4.77. The number of nitrogens with one attached hydrogen (secondary N) is 1. The third kappa shape index (κ3) is 4.29. The van der Waals surface area contributed by atoms with Gasteiger partial charge in [0.2, 0.25) is 0 Å². The number of carbonyl (C=O) groups is 1. The van der Waals surface area contributed by atoms with E-state index in [2.05, 4.69) is 5.32 Å². The molecule has 122 valence electrons. The minimum atomic E-state index is -0.949. The van der Waals surface area contributed by atoms with Crippen LogP contribution in [0.3, 0.4) is 0 Å². The lowest BCUT2D eigenvalue weighted by Crippen LogP contribution is -2.05. The van der Waals surface area contributed by atoms with Crippen molar-refractivity contribution in [2.24, 2.45) is 0 Å². The van der Waals surface area contributed by atoms with Crippen molar-refractivity contribution in [1.29, 1.82) is 0 Å². The smallest absolute Gasteiger partial charge is 0.335 e. The molecule has 2 N–H and O–H groups in total. The van der Waals surface area contributed by atoms with Gasteiger partial charge in [-0.25, -0.2) is 4.79 Å². The number of hydrogen-bond acceptors (Lipinski definition) is 4. The quantitative estimate of drug-likeness (QED) is 0.798. The van der Waals surface area contributed by atoms with Gasteiger partial charge in [-0.05, 0) is 37.3 Å². The van der Waals surface area contributed by atoms with Crippen molar-refractivity contribution in [3.63, 3.8) is 0 Å². The lowest BCUT2D eigenvalue weighted by molar-refractivity contribution is 0.0697. The summed E-state index contributed by atoms with van der Waals surface area (Å²) in [5.41, 5.74) is 1.91. The SMILES string of the molecule is CCOc1c(CNc2ccc(C(=O)O)cc2)cc(Cl)cc1OC. The van der Waals surface area contributed by atoms with E-state index in [1.165, 1.54) is 0 Å². The number of benzene rings is 2. The monoisotopic (exact) mass is 335 g/mol. The van der Waals surface area contributed by atoms with E-state index >= 15 is 0 Å². The lowest BCUT2D eigenvalue weighted by Gasteiger charge is -2.16. The van der Waals surface area contributed by atoms with E-state index in [1.54, 1.807) is 37.4 Å². The van der Waals surface area contributed by atoms with Crippen LogP contribution in [-0.4, -0.2) is 24.8 Å². The molecule has 0 saturated heterocycles. The Kier molecular flexibility index (Phi) is 5.71. The molecule has 0 spiro atoms. The molecule has 2 aromatic rings. The van der Waals surface area contributed by atoms with Crippen molar-refractivity contribution in [3.05, 3.63) is 52.5 Å². The molecule has 2 rings (SSSR count). The van der Waals surface area contributed by atoms with Crippen molar-refractivity contribution in [2.75, 3.05) is 19.0 Å². The molecule has 0 aliphatic carbocycles. The number of aromatic carboxylic acids is 1. The molecule has 0 saturated carbocycles. The maximum Gasteiger partial charge on any atom is 0.335 e. The topological polar surface area (TPSA) is 67.8 Å². The number of halogens is 1. The summed E-state index contributed by atoms with van der Waals surface area (Å²) in [5, 5.41) is 12.7. The number of carboxylic acids is 1. The van der Waals surface area contributed by atoms with Gasteiger partial charge in [0.15, 0.2) is 11.5 Å². The Morgan fingerprint density at radius 2 is 1.96 bits per heavy atom. The summed E-state index contributed by atoms with van der Waals surface area (Å²) in [7, 11) is 1.57. The molecule has 0 aliphatic heterocycles. The first-order valence-corrected chi connectivity index (χ1v) is 7.49. The van der Waals surface area contributed by atoms with Gasteiger partial charge in [-0.3, -0.25) is 0 Å². The molecule has 0 aliphatic rings. The van der Waals surface area contributed by atoms with Gasteiger partial charge in [-0.1, -0.05) is 11.6 Å². The van der Waals surface area contributed by atoms with Crippen LogP contribution in [0.4, 0.5) is 5.69 Å². The number of hydrogen-bond donors (Lipinski definition) is 2. The fourth-order valence-electron chi connectivity index (χ4n) is 2.14. The summed E-state index contributed by atoms with van der Waals surface area (Å²) in [4.78, 5) is 10.9. The van der Waals surface area contributed by atoms with Crippen LogP contribution in [0.5, 0.6) is 11.5 Å². The molecule has 0 radical (unpaired) electrons. The first-order chi connectivity index (χ1) is 11.0. The van der Waals surface area contributed by atoms with Gasteiger partial charge >= 0.3 is 5.97 Å². The zero-order valence-electron chi connectivity index (χ0n) is 12.9. The van der Waals surface area contributed by atoms with Gasteiger partial charge in [-0.2, -0.15) is 0 Å². The third-order valence-electron chi connectivity index (χ3n) is 3.22. The Hall–Kier alpha value is -2.40. The molecule has 0 heterocycles. The molecular weight excluding hydrogens is 318 g/mol. The summed E-state index contributed by atoms with van der Waals surface area (Å²) in [6.07, 6.45) is 0. The minimum Gasteiger partial charge on any atom is -0.493 e. The summed E-state index contributed by atoms with van der Waals surface area (Å²) < 4.78 is 11.0. The molecule has 0 aromatic heterocycles. The number of anilines is 1. The summed E-state index contributed by atoms with van der Waals surface area (Å²) in [6, 6.07) is 10.0. The average Bonchev–Trinajstić information content (AvgIpc) is 2.55. The summed E-state index contributed by atoms with van der Waals surface area (Å²) >= 11 is 6.11. The van der Waals surface area contributed by atoms with Gasteiger partial charge in [0, 0.05) is 28.9 Å². The van der Waals surface area contributed by atoms with Crippen molar-refractivity contribution < 1.29 is 19.4 Å². The van der Waals surface area contributed by atoms with Crippen molar-refractivity contribution in [1.82, 2.24) is 0 Å².